The highest BCUT2D eigenvalue weighted by Gasteiger charge is 2.22. The number of nitrogens with zero attached hydrogens (tertiary/aromatic N) is 1. The van der Waals surface area contributed by atoms with Crippen LogP contribution in [0.25, 0.3) is 0 Å². The zero-order chi connectivity index (χ0) is 11.7. The molecule has 0 aromatic heterocycles. The molecule has 0 aliphatic carbocycles. The highest BCUT2D eigenvalue weighted by Crippen LogP contribution is 2.28. The highest BCUT2D eigenvalue weighted by molar-refractivity contribution is 5.93. The van der Waals surface area contributed by atoms with Gasteiger partial charge >= 0.3 is 12.1 Å². The maximum Gasteiger partial charge on any atom is 0.411 e. The number of hydrogen-bond acceptors (Lipinski definition) is 2. The number of carbonyl (C=O) groups is 2. The number of aromatic carboxylic acids is 1. The van der Waals surface area contributed by atoms with E-state index in [1.54, 1.807) is 6.07 Å². The molecule has 5 heteroatoms. The number of anilines is 1. The lowest BCUT2D eigenvalue weighted by atomic mass is 10.00. The molecular formula is C11H11NO4. The standard InChI is InChI=1S/C11H11NO4/c13-10(14)8-4-3-7-2-1-5-12(11(15)16)9(7)6-8/h3-4,6H,1-2,5H2,(H,13,14)(H,15,16). The molecule has 1 aliphatic rings. The third-order valence-electron chi connectivity index (χ3n) is 2.68. The minimum absolute atomic E-state index is 0.118. The monoisotopic (exact) mass is 221 g/mol. The summed E-state index contributed by atoms with van der Waals surface area (Å²) < 4.78 is 0. The van der Waals surface area contributed by atoms with Gasteiger partial charge < -0.3 is 10.2 Å². The summed E-state index contributed by atoms with van der Waals surface area (Å²) in [6, 6.07) is 4.62. The first kappa shape index (κ1) is 10.5. The van der Waals surface area contributed by atoms with Crippen molar-refractivity contribution in [2.75, 3.05) is 11.4 Å². The Labute approximate surface area is 91.9 Å². The molecule has 1 amide bonds. The molecule has 1 aliphatic heterocycles. The third-order valence-corrected chi connectivity index (χ3v) is 2.68. The van der Waals surface area contributed by atoms with E-state index in [0.29, 0.717) is 12.2 Å². The van der Waals surface area contributed by atoms with E-state index >= 15 is 0 Å². The summed E-state index contributed by atoms with van der Waals surface area (Å²) in [6.07, 6.45) is 0.522. The van der Waals surface area contributed by atoms with Gasteiger partial charge in [0.25, 0.3) is 0 Å². The number of carboxylic acids is 1. The fourth-order valence-electron chi connectivity index (χ4n) is 1.91. The molecule has 2 rings (SSSR count). The number of hydrogen-bond donors (Lipinski definition) is 2. The molecule has 16 heavy (non-hydrogen) atoms. The van der Waals surface area contributed by atoms with Crippen molar-refractivity contribution in [3.63, 3.8) is 0 Å². The Kier molecular flexibility index (Phi) is 2.52. The van der Waals surface area contributed by atoms with Crippen molar-refractivity contribution in [2.24, 2.45) is 0 Å². The molecule has 1 heterocycles. The Morgan fingerprint density at radius 2 is 2.00 bits per heavy atom. The molecule has 0 saturated carbocycles. The minimum atomic E-state index is -1.04. The Hall–Kier alpha value is -2.04. The van der Waals surface area contributed by atoms with Gasteiger partial charge in [0.1, 0.15) is 0 Å². The Morgan fingerprint density at radius 3 is 2.62 bits per heavy atom. The van der Waals surface area contributed by atoms with Crippen molar-refractivity contribution >= 4 is 17.7 Å². The second kappa shape index (κ2) is 3.84. The van der Waals surface area contributed by atoms with E-state index in [9.17, 15) is 9.59 Å². The lowest BCUT2D eigenvalue weighted by molar-refractivity contribution is 0.0696. The van der Waals surface area contributed by atoms with Crippen LogP contribution < -0.4 is 4.90 Å². The minimum Gasteiger partial charge on any atom is -0.478 e. The zero-order valence-electron chi connectivity index (χ0n) is 8.51. The average molecular weight is 221 g/mol. The number of amides is 1. The lowest BCUT2D eigenvalue weighted by Crippen LogP contribution is -2.34. The van der Waals surface area contributed by atoms with Crippen molar-refractivity contribution in [1.29, 1.82) is 0 Å². The van der Waals surface area contributed by atoms with Gasteiger partial charge in [0.2, 0.25) is 0 Å². The van der Waals surface area contributed by atoms with E-state index in [-0.39, 0.29) is 5.56 Å². The van der Waals surface area contributed by atoms with Crippen molar-refractivity contribution in [3.05, 3.63) is 29.3 Å². The Balaban J connectivity index is 2.48. The maximum atomic E-state index is 11.0. The van der Waals surface area contributed by atoms with Gasteiger partial charge in [-0.1, -0.05) is 6.07 Å². The van der Waals surface area contributed by atoms with Crippen LogP contribution >= 0.6 is 0 Å². The molecule has 1 aromatic rings. The first-order valence-corrected chi connectivity index (χ1v) is 4.96. The predicted octanol–water partition coefficient (Wildman–Crippen LogP) is 1.82. The third kappa shape index (κ3) is 1.71. The van der Waals surface area contributed by atoms with Crippen molar-refractivity contribution in [3.8, 4) is 0 Å². The molecule has 0 saturated heterocycles. The molecular weight excluding hydrogens is 210 g/mol. The van der Waals surface area contributed by atoms with Gasteiger partial charge in [-0.25, -0.2) is 9.59 Å². The largest absolute Gasteiger partial charge is 0.478 e. The Morgan fingerprint density at radius 1 is 1.25 bits per heavy atom. The van der Waals surface area contributed by atoms with E-state index in [1.807, 2.05) is 0 Å². The second-order valence-electron chi connectivity index (χ2n) is 3.69. The molecule has 0 bridgehead atoms. The molecule has 1 aromatic carbocycles. The van der Waals surface area contributed by atoms with E-state index in [2.05, 4.69) is 0 Å². The van der Waals surface area contributed by atoms with Crippen LogP contribution in [0, 0.1) is 0 Å². The first-order chi connectivity index (χ1) is 7.59. The molecule has 2 N–H and O–H groups in total. The smallest absolute Gasteiger partial charge is 0.411 e. The Bertz CT molecular complexity index is 455. The molecule has 0 fully saturated rings. The predicted molar refractivity (Wildman–Crippen MR) is 57.1 cm³/mol. The van der Waals surface area contributed by atoms with Crippen molar-refractivity contribution in [1.82, 2.24) is 0 Å². The topological polar surface area (TPSA) is 77.8 Å². The number of benzene rings is 1. The van der Waals surface area contributed by atoms with Crippen LogP contribution in [0.15, 0.2) is 18.2 Å². The highest BCUT2D eigenvalue weighted by atomic mass is 16.4. The summed E-state index contributed by atoms with van der Waals surface area (Å²) in [6.45, 7) is 0.422. The molecule has 0 spiro atoms. The molecule has 5 nitrogen and oxygen atoms in total. The number of rotatable bonds is 1. The van der Waals surface area contributed by atoms with Crippen LogP contribution in [0.4, 0.5) is 10.5 Å². The summed E-state index contributed by atoms with van der Waals surface area (Å²) in [7, 11) is 0. The molecule has 0 radical (unpaired) electrons. The van der Waals surface area contributed by atoms with Crippen LogP contribution in [-0.2, 0) is 6.42 Å². The van der Waals surface area contributed by atoms with Crippen LogP contribution in [0.5, 0.6) is 0 Å². The van der Waals surface area contributed by atoms with Crippen molar-refractivity contribution < 1.29 is 19.8 Å². The van der Waals surface area contributed by atoms with Crippen LogP contribution in [0.3, 0.4) is 0 Å². The second-order valence-corrected chi connectivity index (χ2v) is 3.69. The van der Waals surface area contributed by atoms with Gasteiger partial charge in [0.15, 0.2) is 0 Å². The SMILES string of the molecule is O=C(O)c1ccc2c(c1)N(C(=O)O)CCC2. The fraction of sp³-hybridized carbons (Fsp3) is 0.273. The fourth-order valence-corrected chi connectivity index (χ4v) is 1.91. The van der Waals surface area contributed by atoms with Crippen LogP contribution in [-0.4, -0.2) is 28.8 Å². The van der Waals surface area contributed by atoms with E-state index in [1.165, 1.54) is 17.0 Å². The van der Waals surface area contributed by atoms with Crippen LogP contribution in [0.1, 0.15) is 22.3 Å². The average Bonchev–Trinajstić information content (AvgIpc) is 2.27. The van der Waals surface area contributed by atoms with E-state index in [4.69, 9.17) is 10.2 Å². The zero-order valence-corrected chi connectivity index (χ0v) is 8.51. The summed E-state index contributed by atoms with van der Waals surface area (Å²) >= 11 is 0. The summed E-state index contributed by atoms with van der Waals surface area (Å²) in [5.41, 5.74) is 1.50. The van der Waals surface area contributed by atoms with E-state index in [0.717, 1.165) is 18.4 Å². The number of carboxylic acid groups (broad SMARTS) is 2. The van der Waals surface area contributed by atoms with Crippen molar-refractivity contribution in [2.45, 2.75) is 12.8 Å². The number of aryl methyl sites for hydroxylation is 1. The number of fused-ring (bicyclic) bond motifs is 1. The molecule has 0 unspecified atom stereocenters. The quantitative estimate of drug-likeness (QED) is 0.758. The van der Waals surface area contributed by atoms with Gasteiger partial charge in [0.05, 0.1) is 11.3 Å². The van der Waals surface area contributed by atoms with Gasteiger partial charge in [-0.3, -0.25) is 4.90 Å². The maximum absolute atomic E-state index is 11.0. The van der Waals surface area contributed by atoms with Gasteiger partial charge in [-0.15, -0.1) is 0 Å². The lowest BCUT2D eigenvalue weighted by Gasteiger charge is -2.27. The summed E-state index contributed by atoms with van der Waals surface area (Å²) in [4.78, 5) is 23.0. The van der Waals surface area contributed by atoms with Gasteiger partial charge in [0, 0.05) is 6.54 Å². The molecule has 84 valence electrons. The van der Waals surface area contributed by atoms with Crippen LogP contribution in [0.2, 0.25) is 0 Å². The first-order valence-electron chi connectivity index (χ1n) is 4.96. The summed E-state index contributed by atoms with van der Waals surface area (Å²) in [5.74, 6) is -1.04. The van der Waals surface area contributed by atoms with E-state index < -0.39 is 12.1 Å². The molecule has 0 atom stereocenters. The van der Waals surface area contributed by atoms with Gasteiger partial charge in [-0.05, 0) is 30.5 Å². The summed E-state index contributed by atoms with van der Waals surface area (Å²) in [5, 5.41) is 17.8. The normalized spacial score (nSPS) is 14.4. The van der Waals surface area contributed by atoms with Gasteiger partial charge in [-0.2, -0.15) is 0 Å².